The second-order valence-electron chi connectivity index (χ2n) is 8.20. The largest absolute Gasteiger partial charge is 0.367 e. The van der Waals surface area contributed by atoms with Crippen LogP contribution in [-0.4, -0.2) is 39.1 Å². The molecule has 1 fully saturated rings. The molecule has 7 heteroatoms. The summed E-state index contributed by atoms with van der Waals surface area (Å²) >= 11 is 0. The first-order chi connectivity index (χ1) is 13.6. The van der Waals surface area contributed by atoms with Crippen LogP contribution in [0.2, 0.25) is 0 Å². The zero-order chi connectivity index (χ0) is 19.5. The number of nitrogens with zero attached hydrogens (tertiary/aromatic N) is 5. The summed E-state index contributed by atoms with van der Waals surface area (Å²) in [6.07, 6.45) is 8.09. The minimum absolute atomic E-state index is 0.0465. The van der Waals surface area contributed by atoms with Gasteiger partial charge in [0.25, 0.3) is 5.56 Å². The van der Waals surface area contributed by atoms with E-state index in [1.54, 1.807) is 10.7 Å². The van der Waals surface area contributed by atoms with Crippen LogP contribution in [0.1, 0.15) is 63.3 Å². The van der Waals surface area contributed by atoms with Gasteiger partial charge in [0, 0.05) is 25.2 Å². The number of aryl methyl sites for hydroxylation is 2. The molecule has 2 aromatic rings. The standard InChI is InChI=1S/C21H30N6O/c1-15(2)27-21(28)11-10-20(25-27)26-12-6-5-8-17(26)14-22-19-13-16-7-3-4-9-18(16)23-24-19/h10-11,13,15,17H,3-9,12,14H2,1-2H3,(H,22,24). The van der Waals surface area contributed by atoms with Crippen LogP contribution >= 0.6 is 0 Å². The molecule has 7 nitrogen and oxygen atoms in total. The molecular formula is C21H30N6O. The average Bonchev–Trinajstić information content (AvgIpc) is 2.72. The third-order valence-electron chi connectivity index (χ3n) is 5.81. The Balaban J connectivity index is 1.49. The van der Waals surface area contributed by atoms with E-state index >= 15 is 0 Å². The Labute approximate surface area is 166 Å². The highest BCUT2D eigenvalue weighted by Crippen LogP contribution is 2.24. The van der Waals surface area contributed by atoms with Crippen molar-refractivity contribution < 1.29 is 0 Å². The molecule has 2 aliphatic rings. The summed E-state index contributed by atoms with van der Waals surface area (Å²) in [5, 5.41) is 16.9. The Morgan fingerprint density at radius 1 is 1.14 bits per heavy atom. The number of rotatable bonds is 5. The highest BCUT2D eigenvalue weighted by molar-refractivity contribution is 5.42. The van der Waals surface area contributed by atoms with Crippen molar-refractivity contribution in [3.8, 4) is 0 Å². The van der Waals surface area contributed by atoms with E-state index in [1.165, 1.54) is 24.8 Å². The van der Waals surface area contributed by atoms with Gasteiger partial charge < -0.3 is 10.2 Å². The van der Waals surface area contributed by atoms with Gasteiger partial charge in [0.15, 0.2) is 0 Å². The van der Waals surface area contributed by atoms with E-state index in [0.717, 1.165) is 56.1 Å². The van der Waals surface area contributed by atoms with E-state index < -0.39 is 0 Å². The predicted molar refractivity (Wildman–Crippen MR) is 111 cm³/mol. The fourth-order valence-corrected chi connectivity index (χ4v) is 4.25. The summed E-state index contributed by atoms with van der Waals surface area (Å²) in [5.74, 6) is 1.75. The maximum absolute atomic E-state index is 12.1. The molecule has 0 amide bonds. The molecule has 0 aromatic carbocycles. The maximum Gasteiger partial charge on any atom is 0.267 e. The topological polar surface area (TPSA) is 75.9 Å². The van der Waals surface area contributed by atoms with E-state index in [0.29, 0.717) is 6.04 Å². The average molecular weight is 383 g/mol. The maximum atomic E-state index is 12.1. The van der Waals surface area contributed by atoms with Crippen molar-refractivity contribution in [1.82, 2.24) is 20.0 Å². The van der Waals surface area contributed by atoms with Gasteiger partial charge >= 0.3 is 0 Å². The lowest BCUT2D eigenvalue weighted by Gasteiger charge is -2.37. The number of piperidine rings is 1. The van der Waals surface area contributed by atoms with Crippen LogP contribution in [0.25, 0.3) is 0 Å². The van der Waals surface area contributed by atoms with Crippen molar-refractivity contribution in [3.05, 3.63) is 39.8 Å². The third kappa shape index (κ3) is 4.03. The lowest BCUT2D eigenvalue weighted by molar-refractivity contribution is 0.451. The first-order valence-electron chi connectivity index (χ1n) is 10.6. The summed E-state index contributed by atoms with van der Waals surface area (Å²) in [5.41, 5.74) is 2.46. The molecule has 1 unspecified atom stereocenters. The summed E-state index contributed by atoms with van der Waals surface area (Å²) in [6.45, 7) is 5.74. The zero-order valence-corrected chi connectivity index (χ0v) is 16.9. The number of hydrogen-bond acceptors (Lipinski definition) is 6. The van der Waals surface area contributed by atoms with E-state index in [4.69, 9.17) is 0 Å². The molecule has 1 saturated heterocycles. The molecule has 2 aromatic heterocycles. The van der Waals surface area contributed by atoms with Crippen LogP contribution in [-0.2, 0) is 12.8 Å². The Morgan fingerprint density at radius 2 is 2.00 bits per heavy atom. The molecule has 4 rings (SSSR count). The second-order valence-corrected chi connectivity index (χ2v) is 8.20. The first-order valence-corrected chi connectivity index (χ1v) is 10.6. The lowest BCUT2D eigenvalue weighted by atomic mass is 9.97. The summed E-state index contributed by atoms with van der Waals surface area (Å²) < 4.78 is 1.57. The van der Waals surface area contributed by atoms with Crippen molar-refractivity contribution in [2.75, 3.05) is 23.3 Å². The quantitative estimate of drug-likeness (QED) is 0.857. The minimum atomic E-state index is -0.0465. The van der Waals surface area contributed by atoms with Gasteiger partial charge in [0.2, 0.25) is 0 Å². The summed E-state index contributed by atoms with van der Waals surface area (Å²) in [7, 11) is 0. The molecule has 0 radical (unpaired) electrons. The number of anilines is 2. The number of fused-ring (bicyclic) bond motifs is 1. The summed E-state index contributed by atoms with van der Waals surface area (Å²) in [6, 6.07) is 6.05. The highest BCUT2D eigenvalue weighted by Gasteiger charge is 2.24. The Bertz CT molecular complexity index is 877. The van der Waals surface area contributed by atoms with Crippen molar-refractivity contribution in [3.63, 3.8) is 0 Å². The Morgan fingerprint density at radius 3 is 2.86 bits per heavy atom. The molecule has 1 aliphatic heterocycles. The fourth-order valence-electron chi connectivity index (χ4n) is 4.25. The van der Waals surface area contributed by atoms with E-state index in [9.17, 15) is 4.79 Å². The van der Waals surface area contributed by atoms with E-state index in [2.05, 4.69) is 31.6 Å². The van der Waals surface area contributed by atoms with Crippen LogP contribution in [0.15, 0.2) is 23.0 Å². The van der Waals surface area contributed by atoms with Crippen molar-refractivity contribution in [2.24, 2.45) is 0 Å². The fraction of sp³-hybridized carbons (Fsp3) is 0.619. The van der Waals surface area contributed by atoms with Gasteiger partial charge in [-0.2, -0.15) is 10.2 Å². The van der Waals surface area contributed by atoms with Gasteiger partial charge in [0.05, 0.1) is 11.7 Å². The molecule has 1 atom stereocenters. The second kappa shape index (κ2) is 8.29. The Kier molecular flexibility index (Phi) is 5.59. The van der Waals surface area contributed by atoms with Gasteiger partial charge in [-0.15, -0.1) is 5.10 Å². The number of aromatic nitrogens is 4. The van der Waals surface area contributed by atoms with Gasteiger partial charge in [0.1, 0.15) is 11.6 Å². The molecule has 150 valence electrons. The van der Waals surface area contributed by atoms with Gasteiger partial charge in [-0.25, -0.2) is 4.68 Å². The van der Waals surface area contributed by atoms with Crippen LogP contribution in [0.4, 0.5) is 11.6 Å². The normalized spacial score (nSPS) is 19.5. The zero-order valence-electron chi connectivity index (χ0n) is 16.9. The minimum Gasteiger partial charge on any atom is -0.367 e. The third-order valence-corrected chi connectivity index (χ3v) is 5.81. The monoisotopic (exact) mass is 382 g/mol. The Hall–Kier alpha value is -2.44. The number of nitrogens with one attached hydrogen (secondary N) is 1. The molecular weight excluding hydrogens is 352 g/mol. The highest BCUT2D eigenvalue weighted by atomic mass is 16.1. The molecule has 0 saturated carbocycles. The van der Waals surface area contributed by atoms with E-state index in [-0.39, 0.29) is 11.6 Å². The smallest absolute Gasteiger partial charge is 0.267 e. The SMILES string of the molecule is CC(C)n1nc(N2CCCCC2CNc2cc3c(nn2)CCCC3)ccc1=O. The van der Waals surface area contributed by atoms with Gasteiger partial charge in [-0.05, 0) is 76.5 Å². The van der Waals surface area contributed by atoms with Gasteiger partial charge in [-0.3, -0.25) is 4.79 Å². The summed E-state index contributed by atoms with van der Waals surface area (Å²) in [4.78, 5) is 14.4. The molecule has 0 bridgehead atoms. The molecule has 0 spiro atoms. The van der Waals surface area contributed by atoms with Crippen molar-refractivity contribution in [1.29, 1.82) is 0 Å². The molecule has 1 aliphatic carbocycles. The van der Waals surface area contributed by atoms with Crippen LogP contribution < -0.4 is 15.8 Å². The predicted octanol–water partition coefficient (Wildman–Crippen LogP) is 2.96. The van der Waals surface area contributed by atoms with Crippen LogP contribution in [0, 0.1) is 0 Å². The van der Waals surface area contributed by atoms with Crippen LogP contribution in [0.5, 0.6) is 0 Å². The van der Waals surface area contributed by atoms with Crippen molar-refractivity contribution in [2.45, 2.75) is 70.9 Å². The molecule has 3 heterocycles. The first kappa shape index (κ1) is 18.9. The van der Waals surface area contributed by atoms with Crippen LogP contribution in [0.3, 0.4) is 0 Å². The van der Waals surface area contributed by atoms with Crippen molar-refractivity contribution >= 4 is 11.6 Å². The van der Waals surface area contributed by atoms with Gasteiger partial charge in [-0.1, -0.05) is 0 Å². The lowest BCUT2D eigenvalue weighted by Crippen LogP contribution is -2.45. The van der Waals surface area contributed by atoms with E-state index in [1.807, 2.05) is 19.9 Å². The number of hydrogen-bond donors (Lipinski definition) is 1. The molecule has 1 N–H and O–H groups in total. The molecule has 28 heavy (non-hydrogen) atoms.